The van der Waals surface area contributed by atoms with Crippen molar-refractivity contribution < 1.29 is 41.1 Å². The van der Waals surface area contributed by atoms with Gasteiger partial charge < -0.3 is 31.5 Å². The number of carbonyl (C=O) groups is 2. The standard InChI is InChI=1S/C43H82NO5.ClH/c1-4-6-8-10-12-14-16-18-20-22-24-26-28-30-32-34-42(46)48-40-37-44(3,36-39-45)38-41-49-43(47)35-33-31-29-27-25-23-21-19-17-15-13-11-9-7-5-2;/h18-21,45H,4-17,22-41H2,1-3H3;1H/q+1;/p-1/b20-18-,21-19-;. The zero-order valence-corrected chi connectivity index (χ0v) is 34.0. The van der Waals surface area contributed by atoms with Crippen LogP contribution in [0.15, 0.2) is 24.3 Å². The number of halogens is 1. The first-order chi connectivity index (χ1) is 24.0. The molecule has 0 fully saturated rings. The van der Waals surface area contributed by atoms with E-state index in [0.29, 0.717) is 50.2 Å². The van der Waals surface area contributed by atoms with Gasteiger partial charge in [0.2, 0.25) is 0 Å². The second kappa shape index (κ2) is 40.4. The molecule has 7 heteroatoms. The van der Waals surface area contributed by atoms with E-state index >= 15 is 0 Å². The first kappa shape index (κ1) is 50.7. The highest BCUT2D eigenvalue weighted by Gasteiger charge is 2.22. The molecule has 1 N–H and O–H groups in total. The number of carbonyl (C=O) groups excluding carboxylic acids is 2. The summed E-state index contributed by atoms with van der Waals surface area (Å²) in [6, 6.07) is 0. The van der Waals surface area contributed by atoms with Gasteiger partial charge in [-0.05, 0) is 64.2 Å². The van der Waals surface area contributed by atoms with Crippen LogP contribution in [0, 0.1) is 0 Å². The Morgan fingerprint density at radius 3 is 1.10 bits per heavy atom. The van der Waals surface area contributed by atoms with Crippen molar-refractivity contribution in [1.29, 1.82) is 0 Å². The number of esters is 2. The Bertz CT molecular complexity index is 729. The van der Waals surface area contributed by atoms with Gasteiger partial charge in [-0.15, -0.1) is 0 Å². The third-order valence-electron chi connectivity index (χ3n) is 9.71. The number of allylic oxidation sites excluding steroid dienone is 4. The maximum atomic E-state index is 12.2. The molecule has 296 valence electrons. The summed E-state index contributed by atoms with van der Waals surface area (Å²) >= 11 is 0. The van der Waals surface area contributed by atoms with E-state index in [9.17, 15) is 14.7 Å². The van der Waals surface area contributed by atoms with Gasteiger partial charge in [0.1, 0.15) is 32.8 Å². The molecule has 0 amide bonds. The molecule has 0 heterocycles. The molecule has 50 heavy (non-hydrogen) atoms. The predicted octanol–water partition coefficient (Wildman–Crippen LogP) is 8.59. The number of aliphatic hydroxyl groups is 1. The first-order valence-electron chi connectivity index (χ1n) is 21.0. The minimum Gasteiger partial charge on any atom is -1.00 e. The smallest absolute Gasteiger partial charge is 0.305 e. The molecule has 0 saturated carbocycles. The molecule has 0 aromatic rings. The molecule has 0 aromatic heterocycles. The molecule has 0 unspecified atom stereocenters. The Kier molecular flexibility index (Phi) is 41.0. The van der Waals surface area contributed by atoms with Crippen molar-refractivity contribution in [2.45, 2.75) is 194 Å². The number of aliphatic hydroxyl groups excluding tert-OH is 1. The van der Waals surface area contributed by atoms with Crippen molar-refractivity contribution in [1.82, 2.24) is 0 Å². The quantitative estimate of drug-likeness (QED) is 0.0299. The van der Waals surface area contributed by atoms with E-state index < -0.39 is 0 Å². The van der Waals surface area contributed by atoms with Gasteiger partial charge in [0.05, 0.1) is 13.7 Å². The minimum absolute atomic E-state index is 0. The van der Waals surface area contributed by atoms with Crippen molar-refractivity contribution in [3.05, 3.63) is 24.3 Å². The average molecular weight is 729 g/mol. The zero-order chi connectivity index (χ0) is 35.9. The second-order valence-electron chi connectivity index (χ2n) is 14.6. The maximum Gasteiger partial charge on any atom is 0.305 e. The monoisotopic (exact) mass is 728 g/mol. The Hall–Kier alpha value is -1.37. The summed E-state index contributed by atoms with van der Waals surface area (Å²) in [5, 5.41) is 9.58. The van der Waals surface area contributed by atoms with Crippen LogP contribution in [0.3, 0.4) is 0 Å². The van der Waals surface area contributed by atoms with Crippen LogP contribution in [-0.4, -0.2) is 68.0 Å². The lowest BCUT2D eigenvalue weighted by Gasteiger charge is -2.33. The lowest BCUT2D eigenvalue weighted by atomic mass is 10.1. The number of hydrogen-bond acceptors (Lipinski definition) is 5. The number of likely N-dealkylation sites (N-methyl/N-ethyl adjacent to an activating group) is 1. The summed E-state index contributed by atoms with van der Waals surface area (Å²) in [5.41, 5.74) is 0. The fraction of sp³-hybridized carbons (Fsp3) is 0.860. The molecule has 0 atom stereocenters. The van der Waals surface area contributed by atoms with Crippen molar-refractivity contribution in [2.75, 3.05) is 46.5 Å². The van der Waals surface area contributed by atoms with Crippen molar-refractivity contribution in [3.63, 3.8) is 0 Å². The molecule has 0 aromatic carbocycles. The molecular formula is C43H82ClNO5. The Morgan fingerprint density at radius 2 is 0.780 bits per heavy atom. The highest BCUT2D eigenvalue weighted by Crippen LogP contribution is 2.12. The van der Waals surface area contributed by atoms with Crippen molar-refractivity contribution in [2.24, 2.45) is 0 Å². The topological polar surface area (TPSA) is 72.8 Å². The van der Waals surface area contributed by atoms with E-state index in [0.717, 1.165) is 25.7 Å². The molecule has 0 rings (SSSR count). The van der Waals surface area contributed by atoms with Gasteiger partial charge in [-0.1, -0.05) is 141 Å². The molecule has 0 radical (unpaired) electrons. The fourth-order valence-electron chi connectivity index (χ4n) is 6.16. The highest BCUT2D eigenvalue weighted by atomic mass is 35.5. The molecule has 0 saturated heterocycles. The van der Waals surface area contributed by atoms with E-state index in [1.54, 1.807) is 0 Å². The maximum absolute atomic E-state index is 12.2. The number of nitrogens with zero attached hydrogens (tertiary/aromatic N) is 1. The number of unbranched alkanes of at least 4 members (excludes halogenated alkanes) is 22. The largest absolute Gasteiger partial charge is 1.00 e. The molecule has 0 bridgehead atoms. The van der Waals surface area contributed by atoms with Gasteiger partial charge in [-0.25, -0.2) is 0 Å². The summed E-state index contributed by atoms with van der Waals surface area (Å²) in [7, 11) is 2.02. The summed E-state index contributed by atoms with van der Waals surface area (Å²) in [6.45, 7) is 6.96. The lowest BCUT2D eigenvalue weighted by Crippen LogP contribution is -3.00. The van der Waals surface area contributed by atoms with Crippen LogP contribution < -0.4 is 12.4 Å². The van der Waals surface area contributed by atoms with Gasteiger partial charge in [-0.3, -0.25) is 9.59 Å². The van der Waals surface area contributed by atoms with E-state index in [4.69, 9.17) is 9.47 Å². The molecule has 0 spiro atoms. The zero-order valence-electron chi connectivity index (χ0n) is 33.3. The van der Waals surface area contributed by atoms with Crippen molar-refractivity contribution in [3.8, 4) is 0 Å². The Balaban J connectivity index is 0. The third kappa shape index (κ3) is 37.9. The minimum atomic E-state index is -0.139. The molecular weight excluding hydrogens is 646 g/mol. The van der Waals surface area contributed by atoms with Crippen LogP contribution in [-0.2, 0) is 19.1 Å². The molecule has 0 aliphatic heterocycles. The van der Waals surface area contributed by atoms with Gasteiger partial charge in [0, 0.05) is 12.8 Å². The van der Waals surface area contributed by atoms with Crippen LogP contribution in [0.2, 0.25) is 0 Å². The Labute approximate surface area is 316 Å². The number of hydrogen-bond donors (Lipinski definition) is 1. The summed E-state index contributed by atoms with van der Waals surface area (Å²) in [6.07, 6.45) is 42.5. The van der Waals surface area contributed by atoms with E-state index in [2.05, 4.69) is 38.2 Å². The SMILES string of the molecule is CCCCCCCC/C=C\CCCCCCCC(=O)OCC[N+](C)(CCO)CCOC(=O)CCCCCCC/C=C\CCCCCCCC.[Cl-]. The molecule has 6 nitrogen and oxygen atoms in total. The number of quaternary nitrogens is 1. The van der Waals surface area contributed by atoms with Gasteiger partial charge in [0.25, 0.3) is 0 Å². The van der Waals surface area contributed by atoms with Crippen LogP contribution in [0.25, 0.3) is 0 Å². The Morgan fingerprint density at radius 1 is 0.480 bits per heavy atom. The lowest BCUT2D eigenvalue weighted by molar-refractivity contribution is -0.910. The van der Waals surface area contributed by atoms with Crippen LogP contribution >= 0.6 is 0 Å². The third-order valence-corrected chi connectivity index (χ3v) is 9.71. The average Bonchev–Trinajstić information content (AvgIpc) is 3.08. The van der Waals surface area contributed by atoms with Crippen LogP contribution in [0.5, 0.6) is 0 Å². The van der Waals surface area contributed by atoms with Gasteiger partial charge >= 0.3 is 11.9 Å². The summed E-state index contributed by atoms with van der Waals surface area (Å²) in [4.78, 5) is 24.5. The normalized spacial score (nSPS) is 11.8. The van der Waals surface area contributed by atoms with Crippen LogP contribution in [0.1, 0.15) is 194 Å². The van der Waals surface area contributed by atoms with Gasteiger partial charge in [-0.2, -0.15) is 0 Å². The second-order valence-corrected chi connectivity index (χ2v) is 14.6. The molecule has 0 aliphatic carbocycles. The number of rotatable bonds is 38. The van der Waals surface area contributed by atoms with Crippen LogP contribution in [0.4, 0.5) is 0 Å². The number of ether oxygens (including phenoxy) is 2. The van der Waals surface area contributed by atoms with E-state index in [1.807, 2.05) is 7.05 Å². The summed E-state index contributed by atoms with van der Waals surface area (Å²) < 4.78 is 11.5. The van der Waals surface area contributed by atoms with Gasteiger partial charge in [0.15, 0.2) is 0 Å². The highest BCUT2D eigenvalue weighted by molar-refractivity contribution is 5.69. The predicted molar refractivity (Wildman–Crippen MR) is 209 cm³/mol. The molecule has 0 aliphatic rings. The fourth-order valence-corrected chi connectivity index (χ4v) is 6.16. The first-order valence-corrected chi connectivity index (χ1v) is 21.0. The van der Waals surface area contributed by atoms with Crippen molar-refractivity contribution >= 4 is 11.9 Å². The van der Waals surface area contributed by atoms with E-state index in [-0.39, 0.29) is 31.0 Å². The van der Waals surface area contributed by atoms with E-state index in [1.165, 1.54) is 141 Å². The summed E-state index contributed by atoms with van der Waals surface area (Å²) in [5.74, 6) is -0.279.